The van der Waals surface area contributed by atoms with Crippen LogP contribution in [-0.4, -0.2) is 0 Å². The highest BCUT2D eigenvalue weighted by Crippen LogP contribution is 2.57. The van der Waals surface area contributed by atoms with Gasteiger partial charge in [0.25, 0.3) is 0 Å². The second-order valence-corrected chi connectivity index (χ2v) is 3.87. The first-order chi connectivity index (χ1) is 5.25. The van der Waals surface area contributed by atoms with Crippen LogP contribution in [0.5, 0.6) is 0 Å². The number of hydrogen-bond donors (Lipinski definition) is 0. The summed E-state index contributed by atoms with van der Waals surface area (Å²) in [7, 11) is 0. The molecule has 1 aliphatic carbocycles. The lowest BCUT2D eigenvalue weighted by molar-refractivity contribution is 0.446. The van der Waals surface area contributed by atoms with Gasteiger partial charge in [0, 0.05) is 0 Å². The van der Waals surface area contributed by atoms with Gasteiger partial charge in [-0.15, -0.1) is 0 Å². The van der Waals surface area contributed by atoms with E-state index >= 15 is 0 Å². The SMILES string of the molecule is C=C1CC1(CC)CCCCC. The first-order valence-corrected chi connectivity index (χ1v) is 4.93. The average molecular weight is 152 g/mol. The molecule has 0 aromatic rings. The van der Waals surface area contributed by atoms with Crippen molar-refractivity contribution in [1.82, 2.24) is 0 Å². The molecule has 64 valence electrons. The molecule has 1 fully saturated rings. The summed E-state index contributed by atoms with van der Waals surface area (Å²) in [5.41, 5.74) is 2.12. The molecule has 1 rings (SSSR count). The molecule has 0 saturated heterocycles. The quantitative estimate of drug-likeness (QED) is 0.413. The smallest absolute Gasteiger partial charge is 0.00558 e. The lowest BCUT2D eigenvalue weighted by atomic mass is 9.95. The first-order valence-electron chi connectivity index (χ1n) is 4.93. The van der Waals surface area contributed by atoms with E-state index in [4.69, 9.17) is 0 Å². The summed E-state index contributed by atoms with van der Waals surface area (Å²) in [4.78, 5) is 0. The molecule has 1 aliphatic rings. The molecule has 0 aromatic carbocycles. The number of hydrogen-bond acceptors (Lipinski definition) is 0. The van der Waals surface area contributed by atoms with E-state index in [1.165, 1.54) is 44.1 Å². The van der Waals surface area contributed by atoms with Crippen LogP contribution in [0.4, 0.5) is 0 Å². The van der Waals surface area contributed by atoms with Crippen LogP contribution in [-0.2, 0) is 0 Å². The summed E-state index contributed by atoms with van der Waals surface area (Å²) in [6.07, 6.45) is 8.17. The number of allylic oxidation sites excluding steroid dienone is 1. The monoisotopic (exact) mass is 152 g/mol. The molecular formula is C11H20. The van der Waals surface area contributed by atoms with E-state index in [2.05, 4.69) is 20.4 Å². The summed E-state index contributed by atoms with van der Waals surface area (Å²) in [5.74, 6) is 0. The highest BCUT2D eigenvalue weighted by Gasteiger charge is 2.44. The Morgan fingerprint density at radius 2 is 2.00 bits per heavy atom. The minimum atomic E-state index is 0.606. The molecule has 0 spiro atoms. The van der Waals surface area contributed by atoms with E-state index in [1.54, 1.807) is 0 Å². The number of unbranched alkanes of at least 4 members (excludes halogenated alkanes) is 2. The van der Waals surface area contributed by atoms with Gasteiger partial charge in [-0.2, -0.15) is 0 Å². The first kappa shape index (κ1) is 8.83. The summed E-state index contributed by atoms with van der Waals surface area (Å²) in [6, 6.07) is 0. The minimum Gasteiger partial charge on any atom is -0.0993 e. The van der Waals surface area contributed by atoms with Gasteiger partial charge in [-0.25, -0.2) is 0 Å². The Balaban J connectivity index is 2.19. The summed E-state index contributed by atoms with van der Waals surface area (Å²) in [6.45, 7) is 8.63. The third kappa shape index (κ3) is 1.85. The lowest BCUT2D eigenvalue weighted by Gasteiger charge is -2.10. The van der Waals surface area contributed by atoms with Gasteiger partial charge in [-0.3, -0.25) is 0 Å². The van der Waals surface area contributed by atoms with Crippen LogP contribution in [0.15, 0.2) is 12.2 Å². The zero-order valence-corrected chi connectivity index (χ0v) is 7.95. The van der Waals surface area contributed by atoms with E-state index in [1.807, 2.05) is 0 Å². The third-order valence-electron chi connectivity index (χ3n) is 3.11. The Morgan fingerprint density at radius 1 is 1.36 bits per heavy atom. The van der Waals surface area contributed by atoms with Gasteiger partial charge in [0.15, 0.2) is 0 Å². The molecule has 0 radical (unpaired) electrons. The maximum Gasteiger partial charge on any atom is -0.00558 e. The Labute approximate surface area is 70.7 Å². The van der Waals surface area contributed by atoms with Gasteiger partial charge in [0.2, 0.25) is 0 Å². The molecule has 1 saturated carbocycles. The second kappa shape index (κ2) is 3.42. The zero-order valence-electron chi connectivity index (χ0n) is 7.95. The van der Waals surface area contributed by atoms with Crippen molar-refractivity contribution in [3.05, 3.63) is 12.2 Å². The molecule has 0 aliphatic heterocycles. The second-order valence-electron chi connectivity index (χ2n) is 3.87. The fourth-order valence-electron chi connectivity index (χ4n) is 1.89. The van der Waals surface area contributed by atoms with Gasteiger partial charge in [0.05, 0.1) is 0 Å². The predicted octanol–water partition coefficient (Wildman–Crippen LogP) is 3.92. The van der Waals surface area contributed by atoms with E-state index in [9.17, 15) is 0 Å². The van der Waals surface area contributed by atoms with Crippen molar-refractivity contribution in [3.63, 3.8) is 0 Å². The van der Waals surface area contributed by atoms with Crippen LogP contribution in [0.25, 0.3) is 0 Å². The minimum absolute atomic E-state index is 0.606. The van der Waals surface area contributed by atoms with Crippen LogP contribution in [0.2, 0.25) is 0 Å². The van der Waals surface area contributed by atoms with E-state index in [0.717, 1.165) is 0 Å². The van der Waals surface area contributed by atoms with Crippen LogP contribution in [0.1, 0.15) is 52.4 Å². The standard InChI is InChI=1S/C11H20/c1-4-6-7-8-11(5-2)9-10(11)3/h3-9H2,1-2H3. The van der Waals surface area contributed by atoms with Gasteiger partial charge in [0.1, 0.15) is 0 Å². The molecule has 1 atom stereocenters. The third-order valence-corrected chi connectivity index (χ3v) is 3.11. The van der Waals surface area contributed by atoms with Crippen LogP contribution in [0, 0.1) is 5.41 Å². The fourth-order valence-corrected chi connectivity index (χ4v) is 1.89. The van der Waals surface area contributed by atoms with Crippen molar-refractivity contribution in [1.29, 1.82) is 0 Å². The molecule has 11 heavy (non-hydrogen) atoms. The Kier molecular flexibility index (Phi) is 2.75. The number of rotatable bonds is 5. The van der Waals surface area contributed by atoms with Gasteiger partial charge < -0.3 is 0 Å². The largest absolute Gasteiger partial charge is 0.0993 e. The maximum absolute atomic E-state index is 4.07. The van der Waals surface area contributed by atoms with Gasteiger partial charge in [-0.1, -0.05) is 45.3 Å². The summed E-state index contributed by atoms with van der Waals surface area (Å²) in [5, 5.41) is 0. The van der Waals surface area contributed by atoms with E-state index < -0.39 is 0 Å². The topological polar surface area (TPSA) is 0 Å². The molecule has 0 bridgehead atoms. The molecule has 0 heterocycles. The van der Waals surface area contributed by atoms with Crippen molar-refractivity contribution in [2.24, 2.45) is 5.41 Å². The molecule has 0 N–H and O–H groups in total. The highest BCUT2D eigenvalue weighted by atomic mass is 14.5. The van der Waals surface area contributed by atoms with Crippen LogP contribution in [0.3, 0.4) is 0 Å². The lowest BCUT2D eigenvalue weighted by Crippen LogP contribution is -1.97. The summed E-state index contributed by atoms with van der Waals surface area (Å²) < 4.78 is 0. The molecule has 0 heteroatoms. The molecular weight excluding hydrogens is 132 g/mol. The highest BCUT2D eigenvalue weighted by molar-refractivity contribution is 5.28. The van der Waals surface area contributed by atoms with Crippen LogP contribution < -0.4 is 0 Å². The normalized spacial score (nSPS) is 29.1. The molecule has 0 nitrogen and oxygen atoms in total. The Morgan fingerprint density at radius 3 is 2.36 bits per heavy atom. The van der Waals surface area contributed by atoms with Crippen molar-refractivity contribution in [3.8, 4) is 0 Å². The molecule has 0 amide bonds. The van der Waals surface area contributed by atoms with Crippen molar-refractivity contribution in [2.75, 3.05) is 0 Å². The summed E-state index contributed by atoms with van der Waals surface area (Å²) >= 11 is 0. The fraction of sp³-hybridized carbons (Fsp3) is 0.818. The molecule has 0 aromatic heterocycles. The maximum atomic E-state index is 4.07. The van der Waals surface area contributed by atoms with Crippen molar-refractivity contribution < 1.29 is 0 Å². The van der Waals surface area contributed by atoms with Gasteiger partial charge in [-0.05, 0) is 24.7 Å². The van der Waals surface area contributed by atoms with Crippen molar-refractivity contribution in [2.45, 2.75) is 52.4 Å². The zero-order chi connectivity index (χ0) is 8.32. The predicted molar refractivity (Wildman–Crippen MR) is 50.6 cm³/mol. The average Bonchev–Trinajstić information content (AvgIpc) is 2.64. The van der Waals surface area contributed by atoms with Crippen LogP contribution >= 0.6 is 0 Å². The van der Waals surface area contributed by atoms with Gasteiger partial charge >= 0.3 is 0 Å². The molecule has 1 unspecified atom stereocenters. The van der Waals surface area contributed by atoms with E-state index in [0.29, 0.717) is 5.41 Å². The Bertz CT molecular complexity index is 146. The van der Waals surface area contributed by atoms with E-state index in [-0.39, 0.29) is 0 Å². The van der Waals surface area contributed by atoms with Crippen molar-refractivity contribution >= 4 is 0 Å². The Hall–Kier alpha value is -0.260.